The number of benzene rings is 9. The Morgan fingerprint density at radius 2 is 0.793 bits per heavy atom. The lowest BCUT2D eigenvalue weighted by molar-refractivity contribution is 0.669. The molecule has 1 aliphatic carbocycles. The van der Waals surface area contributed by atoms with E-state index in [0.29, 0.717) is 0 Å². The first kappa shape index (κ1) is 33.7. The normalized spacial score (nSPS) is 12.6. The van der Waals surface area contributed by atoms with Gasteiger partial charge in [-0.05, 0) is 106 Å². The number of hydrogen-bond acceptors (Lipinski definition) is 3. The monoisotopic (exact) mass is 742 g/mol. The van der Waals surface area contributed by atoms with Gasteiger partial charge in [0.25, 0.3) is 0 Å². The molecule has 0 aliphatic heterocycles. The van der Waals surface area contributed by atoms with Gasteiger partial charge in [0.2, 0.25) is 0 Å². The molecule has 0 unspecified atom stereocenters. The van der Waals surface area contributed by atoms with Gasteiger partial charge in [-0.25, -0.2) is 0 Å². The summed E-state index contributed by atoms with van der Waals surface area (Å²) in [5, 5.41) is 2.16. The van der Waals surface area contributed by atoms with E-state index >= 15 is 0 Å². The van der Waals surface area contributed by atoms with E-state index in [1.54, 1.807) is 0 Å². The minimum absolute atomic E-state index is 0.538. The van der Waals surface area contributed by atoms with Crippen LogP contribution in [0.2, 0.25) is 0 Å². The topological polar surface area (TPSA) is 19.6 Å². The summed E-state index contributed by atoms with van der Waals surface area (Å²) in [6, 6.07) is 82.9. The van der Waals surface area contributed by atoms with Gasteiger partial charge in [-0.3, -0.25) is 0 Å². The van der Waals surface area contributed by atoms with Crippen molar-refractivity contribution in [2.75, 3.05) is 9.80 Å². The molecule has 0 saturated carbocycles. The maximum absolute atomic E-state index is 6.51. The maximum Gasteiger partial charge on any atom is 0.137 e. The first-order chi connectivity index (χ1) is 28.8. The van der Waals surface area contributed by atoms with Gasteiger partial charge in [0.1, 0.15) is 11.2 Å². The van der Waals surface area contributed by atoms with E-state index in [2.05, 4.69) is 234 Å². The Bertz CT molecular complexity index is 2990. The highest BCUT2D eigenvalue weighted by atomic mass is 16.3. The number of furan rings is 1. The highest BCUT2D eigenvalue weighted by Gasteiger charge is 2.46. The van der Waals surface area contributed by atoms with Gasteiger partial charge in [-0.15, -0.1) is 0 Å². The largest absolute Gasteiger partial charge is 0.456 e. The van der Waals surface area contributed by atoms with Crippen LogP contribution >= 0.6 is 0 Å². The van der Waals surface area contributed by atoms with Gasteiger partial charge < -0.3 is 14.2 Å². The van der Waals surface area contributed by atoms with Gasteiger partial charge in [-0.1, -0.05) is 158 Å². The molecule has 1 heterocycles. The molecule has 1 aromatic heterocycles. The number of anilines is 6. The fraction of sp³-hybridized carbons (Fsp3) is 0.0182. The van der Waals surface area contributed by atoms with Crippen LogP contribution in [0.3, 0.4) is 0 Å². The number of nitrogens with zero attached hydrogens (tertiary/aromatic N) is 2. The van der Waals surface area contributed by atoms with Crippen LogP contribution in [0.4, 0.5) is 34.1 Å². The third-order valence-corrected chi connectivity index (χ3v) is 11.7. The molecule has 3 heteroatoms. The molecule has 0 bridgehead atoms. The Morgan fingerprint density at radius 3 is 1.47 bits per heavy atom. The SMILES string of the molecule is c1ccc(N(c2ccccc2)c2cccc(N(c3cccc(C4(c5ccccc5)c5ccccc5-c5ccccc54)c3)c3cccc4oc5ccccc5c34)c2)cc1. The fourth-order valence-corrected chi connectivity index (χ4v) is 9.33. The Labute approximate surface area is 338 Å². The van der Waals surface area contributed by atoms with Crippen molar-refractivity contribution in [1.82, 2.24) is 0 Å². The molecule has 0 fully saturated rings. The summed E-state index contributed by atoms with van der Waals surface area (Å²) in [6.07, 6.45) is 0. The minimum Gasteiger partial charge on any atom is -0.456 e. The Kier molecular flexibility index (Phi) is 8.04. The van der Waals surface area contributed by atoms with Crippen molar-refractivity contribution in [3.8, 4) is 11.1 Å². The van der Waals surface area contributed by atoms with Gasteiger partial charge in [0.05, 0.1) is 16.5 Å². The molecule has 58 heavy (non-hydrogen) atoms. The van der Waals surface area contributed by atoms with E-state index < -0.39 is 5.41 Å². The molecular formula is C55H38N2O. The zero-order valence-corrected chi connectivity index (χ0v) is 31.7. The van der Waals surface area contributed by atoms with E-state index in [4.69, 9.17) is 4.42 Å². The molecule has 274 valence electrons. The van der Waals surface area contributed by atoms with Gasteiger partial charge in [0, 0.05) is 33.8 Å². The van der Waals surface area contributed by atoms with Crippen LogP contribution in [0.5, 0.6) is 0 Å². The van der Waals surface area contributed by atoms with Gasteiger partial charge in [0.15, 0.2) is 0 Å². The Balaban J connectivity index is 1.18. The van der Waals surface area contributed by atoms with E-state index in [1.807, 2.05) is 6.07 Å². The van der Waals surface area contributed by atoms with Crippen molar-refractivity contribution in [1.29, 1.82) is 0 Å². The van der Waals surface area contributed by atoms with Crippen LogP contribution in [0.1, 0.15) is 22.3 Å². The van der Waals surface area contributed by atoms with Crippen LogP contribution in [-0.2, 0) is 5.41 Å². The van der Waals surface area contributed by atoms with Crippen LogP contribution in [-0.4, -0.2) is 0 Å². The summed E-state index contributed by atoms with van der Waals surface area (Å²) in [5.74, 6) is 0. The smallest absolute Gasteiger partial charge is 0.137 e. The second kappa shape index (κ2) is 13.8. The zero-order chi connectivity index (χ0) is 38.5. The fourth-order valence-electron chi connectivity index (χ4n) is 9.33. The highest BCUT2D eigenvalue weighted by Crippen LogP contribution is 2.57. The summed E-state index contributed by atoms with van der Waals surface area (Å²) in [6.45, 7) is 0. The second-order valence-electron chi connectivity index (χ2n) is 14.9. The molecule has 0 saturated heterocycles. The van der Waals surface area contributed by atoms with E-state index in [0.717, 1.165) is 56.1 Å². The number of para-hydroxylation sites is 3. The molecule has 1 aliphatic rings. The first-order valence-corrected chi connectivity index (χ1v) is 19.9. The van der Waals surface area contributed by atoms with Crippen molar-refractivity contribution in [2.24, 2.45) is 0 Å². The highest BCUT2D eigenvalue weighted by molar-refractivity contribution is 6.13. The van der Waals surface area contributed by atoms with Crippen molar-refractivity contribution < 1.29 is 4.42 Å². The molecule has 0 radical (unpaired) electrons. The average molecular weight is 743 g/mol. The van der Waals surface area contributed by atoms with Crippen LogP contribution < -0.4 is 9.80 Å². The summed E-state index contributed by atoms with van der Waals surface area (Å²) in [7, 11) is 0. The lowest BCUT2D eigenvalue weighted by Crippen LogP contribution is -2.28. The average Bonchev–Trinajstić information content (AvgIpc) is 3.83. The predicted octanol–water partition coefficient (Wildman–Crippen LogP) is 14.9. The first-order valence-electron chi connectivity index (χ1n) is 19.9. The summed E-state index contributed by atoms with van der Waals surface area (Å²) in [5.41, 5.74) is 15.1. The van der Waals surface area contributed by atoms with E-state index in [9.17, 15) is 0 Å². The van der Waals surface area contributed by atoms with E-state index in [1.165, 1.54) is 33.4 Å². The van der Waals surface area contributed by atoms with Crippen molar-refractivity contribution >= 4 is 56.1 Å². The predicted molar refractivity (Wildman–Crippen MR) is 240 cm³/mol. The van der Waals surface area contributed by atoms with E-state index in [-0.39, 0.29) is 0 Å². The Hall–Kier alpha value is -7.62. The molecule has 0 amide bonds. The van der Waals surface area contributed by atoms with Crippen molar-refractivity contribution in [3.63, 3.8) is 0 Å². The zero-order valence-electron chi connectivity index (χ0n) is 31.7. The minimum atomic E-state index is -0.538. The lowest BCUT2D eigenvalue weighted by Gasteiger charge is -2.35. The van der Waals surface area contributed by atoms with Crippen LogP contribution in [0.25, 0.3) is 33.1 Å². The molecule has 0 atom stereocenters. The number of hydrogen-bond donors (Lipinski definition) is 0. The molecule has 0 spiro atoms. The lowest BCUT2D eigenvalue weighted by atomic mass is 9.67. The third kappa shape index (κ3) is 5.28. The van der Waals surface area contributed by atoms with Crippen LogP contribution in [0, 0.1) is 0 Å². The maximum atomic E-state index is 6.51. The molecular weight excluding hydrogens is 705 g/mol. The number of rotatable bonds is 8. The molecule has 3 nitrogen and oxygen atoms in total. The molecule has 0 N–H and O–H groups in total. The Morgan fingerprint density at radius 1 is 0.328 bits per heavy atom. The van der Waals surface area contributed by atoms with Crippen molar-refractivity contribution in [3.05, 3.63) is 253 Å². The molecule has 9 aromatic carbocycles. The van der Waals surface area contributed by atoms with Crippen LogP contribution in [0.15, 0.2) is 235 Å². The summed E-state index contributed by atoms with van der Waals surface area (Å²) < 4.78 is 6.51. The molecule has 11 rings (SSSR count). The molecule has 10 aromatic rings. The quantitative estimate of drug-likeness (QED) is 0.155. The number of fused-ring (bicyclic) bond motifs is 6. The standard InChI is InChI=1S/C55H38N2O/c1-4-19-39(20-5-1)55(49-32-13-10-29-46(49)47-30-11-14-33-50(47)55)40-21-16-26-43(37-40)57(51-34-18-36-53-54(51)48-31-12-15-35-52(48)58-53)45-28-17-27-44(38-45)56(41-22-6-2-7-23-41)42-24-8-3-9-25-42/h1-38H. The van der Waals surface area contributed by atoms with Gasteiger partial charge in [-0.2, -0.15) is 0 Å². The third-order valence-electron chi connectivity index (χ3n) is 11.7. The van der Waals surface area contributed by atoms with Crippen molar-refractivity contribution in [2.45, 2.75) is 5.41 Å². The van der Waals surface area contributed by atoms with Gasteiger partial charge >= 0.3 is 0 Å². The second-order valence-corrected chi connectivity index (χ2v) is 14.9. The summed E-state index contributed by atoms with van der Waals surface area (Å²) in [4.78, 5) is 4.74. The summed E-state index contributed by atoms with van der Waals surface area (Å²) >= 11 is 0.